The van der Waals surface area contributed by atoms with Crippen LogP contribution in [-0.4, -0.2) is 38.6 Å². The van der Waals surface area contributed by atoms with Gasteiger partial charge in [-0.3, -0.25) is 4.79 Å². The number of fused-ring (bicyclic) bond motifs is 2. The molecular formula is C37H32N4O3. The molecular weight excluding hydrogens is 548 g/mol. The molecule has 1 fully saturated rings. The first-order valence-electron chi connectivity index (χ1n) is 15.1. The van der Waals surface area contributed by atoms with Gasteiger partial charge in [0.1, 0.15) is 5.82 Å². The van der Waals surface area contributed by atoms with Crippen LogP contribution in [0, 0.1) is 0 Å². The molecule has 7 rings (SSSR count). The summed E-state index contributed by atoms with van der Waals surface area (Å²) in [5.41, 5.74) is 8.01. The zero-order valence-corrected chi connectivity index (χ0v) is 24.5. The molecule has 1 saturated carbocycles. The lowest BCUT2D eigenvalue weighted by atomic mass is 9.94. The van der Waals surface area contributed by atoms with Crippen molar-refractivity contribution in [2.24, 2.45) is 0 Å². The Labute approximate surface area is 255 Å². The van der Waals surface area contributed by atoms with E-state index < -0.39 is 5.97 Å². The Morgan fingerprint density at radius 1 is 0.750 bits per heavy atom. The molecule has 7 heteroatoms. The van der Waals surface area contributed by atoms with Crippen molar-refractivity contribution in [2.75, 3.05) is 7.05 Å². The van der Waals surface area contributed by atoms with Crippen LogP contribution in [0.1, 0.15) is 58.9 Å². The quantitative estimate of drug-likeness (QED) is 0.207. The van der Waals surface area contributed by atoms with Gasteiger partial charge in [-0.1, -0.05) is 61.7 Å². The maximum Gasteiger partial charge on any atom is 0.335 e. The number of carbonyl (C=O) groups excluding carboxylic acids is 1. The predicted octanol–water partition coefficient (Wildman–Crippen LogP) is 8.15. The van der Waals surface area contributed by atoms with Gasteiger partial charge in [-0.05, 0) is 78.6 Å². The van der Waals surface area contributed by atoms with Crippen LogP contribution in [0.15, 0.2) is 97.1 Å². The SMILES string of the molecule is CNC(=O)c1ccc(-c2ccccc2)c(-c2ccc3cc(-c4nc5cc(C(=O)O)ccc5n4C4CCCCC4)ccc3n2)c1. The van der Waals surface area contributed by atoms with Gasteiger partial charge in [0, 0.05) is 35.2 Å². The summed E-state index contributed by atoms with van der Waals surface area (Å²) in [7, 11) is 1.63. The summed E-state index contributed by atoms with van der Waals surface area (Å²) in [5, 5.41) is 13.3. The Kier molecular flexibility index (Phi) is 7.14. The third-order valence-corrected chi connectivity index (χ3v) is 8.69. The van der Waals surface area contributed by atoms with Crippen LogP contribution in [-0.2, 0) is 0 Å². The molecule has 1 aliphatic rings. The lowest BCUT2D eigenvalue weighted by Crippen LogP contribution is -2.17. The van der Waals surface area contributed by atoms with E-state index in [1.807, 2.05) is 54.6 Å². The number of aromatic nitrogens is 3. The van der Waals surface area contributed by atoms with Crippen molar-refractivity contribution in [2.45, 2.75) is 38.1 Å². The molecule has 2 aromatic heterocycles. The number of pyridine rings is 1. The Bertz CT molecular complexity index is 2040. The van der Waals surface area contributed by atoms with Crippen LogP contribution in [0.4, 0.5) is 0 Å². The minimum atomic E-state index is -0.954. The Balaban J connectivity index is 1.34. The number of nitrogens with one attached hydrogen (secondary N) is 1. The third kappa shape index (κ3) is 5.00. The number of hydrogen-bond donors (Lipinski definition) is 2. The largest absolute Gasteiger partial charge is 0.478 e. The summed E-state index contributed by atoms with van der Waals surface area (Å²) in [6, 6.07) is 31.7. The molecule has 0 atom stereocenters. The highest BCUT2D eigenvalue weighted by molar-refractivity contribution is 5.98. The number of rotatable bonds is 6. The molecule has 4 aromatic carbocycles. The highest BCUT2D eigenvalue weighted by atomic mass is 16.4. The number of aromatic carboxylic acids is 1. The van der Waals surface area contributed by atoms with Crippen LogP contribution >= 0.6 is 0 Å². The molecule has 6 aromatic rings. The van der Waals surface area contributed by atoms with Gasteiger partial charge < -0.3 is 15.0 Å². The van der Waals surface area contributed by atoms with Gasteiger partial charge >= 0.3 is 5.97 Å². The smallest absolute Gasteiger partial charge is 0.335 e. The lowest BCUT2D eigenvalue weighted by molar-refractivity contribution is 0.0696. The Morgan fingerprint density at radius 3 is 2.32 bits per heavy atom. The number of carboxylic acids is 1. The second-order valence-corrected chi connectivity index (χ2v) is 11.4. The molecule has 0 saturated heterocycles. The number of carbonyl (C=O) groups is 2. The van der Waals surface area contributed by atoms with E-state index in [0.29, 0.717) is 17.1 Å². The molecule has 0 radical (unpaired) electrons. The van der Waals surface area contributed by atoms with Gasteiger partial charge in [0.05, 0.1) is 27.8 Å². The van der Waals surface area contributed by atoms with E-state index in [9.17, 15) is 14.7 Å². The second kappa shape index (κ2) is 11.4. The zero-order chi connectivity index (χ0) is 30.2. The van der Waals surface area contributed by atoms with Crippen LogP contribution in [0.5, 0.6) is 0 Å². The average Bonchev–Trinajstić information content (AvgIpc) is 3.47. The molecule has 218 valence electrons. The maximum atomic E-state index is 12.5. The topological polar surface area (TPSA) is 97.1 Å². The van der Waals surface area contributed by atoms with Gasteiger partial charge in [-0.15, -0.1) is 0 Å². The molecule has 0 bridgehead atoms. The summed E-state index contributed by atoms with van der Waals surface area (Å²) < 4.78 is 2.32. The van der Waals surface area contributed by atoms with Crippen molar-refractivity contribution in [3.05, 3.63) is 108 Å². The number of imidazole rings is 1. The minimum absolute atomic E-state index is 0.146. The molecule has 1 amide bonds. The Hall–Kier alpha value is -5.30. The molecule has 1 aliphatic carbocycles. The molecule has 44 heavy (non-hydrogen) atoms. The number of hydrogen-bond acceptors (Lipinski definition) is 4. The van der Waals surface area contributed by atoms with E-state index in [1.165, 1.54) is 19.3 Å². The van der Waals surface area contributed by atoms with E-state index >= 15 is 0 Å². The minimum Gasteiger partial charge on any atom is -0.478 e. The monoisotopic (exact) mass is 580 g/mol. The van der Waals surface area contributed by atoms with Crippen molar-refractivity contribution in [3.8, 4) is 33.8 Å². The van der Waals surface area contributed by atoms with Gasteiger partial charge in [-0.25, -0.2) is 14.8 Å². The van der Waals surface area contributed by atoms with Crippen LogP contribution < -0.4 is 5.32 Å². The molecule has 0 aliphatic heterocycles. The second-order valence-electron chi connectivity index (χ2n) is 11.4. The normalized spacial score (nSPS) is 13.8. The van der Waals surface area contributed by atoms with E-state index in [0.717, 1.165) is 63.0 Å². The van der Waals surface area contributed by atoms with Gasteiger partial charge in [-0.2, -0.15) is 0 Å². The summed E-state index contributed by atoms with van der Waals surface area (Å²) in [6.07, 6.45) is 5.75. The number of nitrogens with zero attached hydrogens (tertiary/aromatic N) is 3. The fraction of sp³-hybridized carbons (Fsp3) is 0.189. The van der Waals surface area contributed by atoms with Crippen LogP contribution in [0.2, 0.25) is 0 Å². The Morgan fingerprint density at radius 2 is 1.55 bits per heavy atom. The van der Waals surface area contributed by atoms with Crippen molar-refractivity contribution in [3.63, 3.8) is 0 Å². The number of amides is 1. The first kappa shape index (κ1) is 27.5. The predicted molar refractivity (Wildman–Crippen MR) is 174 cm³/mol. The molecule has 0 unspecified atom stereocenters. The van der Waals surface area contributed by atoms with E-state index in [-0.39, 0.29) is 11.5 Å². The van der Waals surface area contributed by atoms with Gasteiger partial charge in [0.25, 0.3) is 5.91 Å². The van der Waals surface area contributed by atoms with E-state index in [2.05, 4.69) is 40.2 Å². The number of carboxylic acid groups (broad SMARTS) is 1. The first-order valence-corrected chi connectivity index (χ1v) is 15.1. The fourth-order valence-electron chi connectivity index (χ4n) is 6.47. The maximum absolute atomic E-state index is 12.5. The summed E-state index contributed by atoms with van der Waals surface area (Å²) in [5.74, 6) is -0.248. The first-order chi connectivity index (χ1) is 21.5. The van der Waals surface area contributed by atoms with Crippen LogP contribution in [0.25, 0.3) is 55.7 Å². The molecule has 0 spiro atoms. The molecule has 2 heterocycles. The zero-order valence-electron chi connectivity index (χ0n) is 24.5. The van der Waals surface area contributed by atoms with Crippen molar-refractivity contribution in [1.29, 1.82) is 0 Å². The van der Waals surface area contributed by atoms with E-state index in [1.54, 1.807) is 19.2 Å². The lowest BCUT2D eigenvalue weighted by Gasteiger charge is -2.25. The van der Waals surface area contributed by atoms with Crippen molar-refractivity contribution < 1.29 is 14.7 Å². The van der Waals surface area contributed by atoms with E-state index in [4.69, 9.17) is 9.97 Å². The summed E-state index contributed by atoms with van der Waals surface area (Å²) in [4.78, 5) is 34.3. The average molecular weight is 581 g/mol. The standard InChI is InChI=1S/C37H32N4O3/c1-38-36(42)26-12-16-29(23-8-4-2-5-9-23)30(21-26)32-18-13-24-20-25(14-17-31(24)39-32)35-40-33-22-27(37(43)44)15-19-34(33)41(35)28-10-6-3-7-11-28/h2,4-5,8-9,12-22,28H,3,6-7,10-11H2,1H3,(H,38,42)(H,43,44). The highest BCUT2D eigenvalue weighted by Crippen LogP contribution is 2.38. The fourth-order valence-corrected chi connectivity index (χ4v) is 6.47. The number of benzene rings is 4. The summed E-state index contributed by atoms with van der Waals surface area (Å²) >= 11 is 0. The van der Waals surface area contributed by atoms with Crippen molar-refractivity contribution >= 4 is 33.8 Å². The third-order valence-electron chi connectivity index (χ3n) is 8.69. The molecule has 2 N–H and O–H groups in total. The van der Waals surface area contributed by atoms with Crippen molar-refractivity contribution in [1.82, 2.24) is 19.9 Å². The van der Waals surface area contributed by atoms with Crippen LogP contribution in [0.3, 0.4) is 0 Å². The summed E-state index contributed by atoms with van der Waals surface area (Å²) in [6.45, 7) is 0. The van der Waals surface area contributed by atoms with Gasteiger partial charge in [0.2, 0.25) is 0 Å². The molecule has 7 nitrogen and oxygen atoms in total. The van der Waals surface area contributed by atoms with Gasteiger partial charge in [0.15, 0.2) is 0 Å². The highest BCUT2D eigenvalue weighted by Gasteiger charge is 2.23.